The average Bonchev–Trinajstić information content (AvgIpc) is 2.83. The van der Waals surface area contributed by atoms with E-state index in [0.717, 1.165) is 3.57 Å². The molecule has 1 N–H and O–H groups in total. The number of halogens is 2. The van der Waals surface area contributed by atoms with E-state index in [4.69, 9.17) is 4.74 Å². The van der Waals surface area contributed by atoms with Crippen LogP contribution in [0.3, 0.4) is 0 Å². The summed E-state index contributed by atoms with van der Waals surface area (Å²) in [6.07, 6.45) is 0.814. The van der Waals surface area contributed by atoms with Crippen molar-refractivity contribution in [3.63, 3.8) is 0 Å². The van der Waals surface area contributed by atoms with Gasteiger partial charge in [0.05, 0.1) is 14.6 Å². The normalized spacial score (nSPS) is 11.9. The van der Waals surface area contributed by atoms with Crippen LogP contribution in [0.25, 0.3) is 21.9 Å². The van der Waals surface area contributed by atoms with Gasteiger partial charge in [0.2, 0.25) is 0 Å². The number of pyridine rings is 1. The molecule has 3 aromatic rings. The molecule has 0 aliphatic carbocycles. The maximum Gasteiger partial charge on any atom is 0.414 e. The van der Waals surface area contributed by atoms with Crippen LogP contribution in [0.2, 0.25) is 0 Å². The number of hydrogen-bond acceptors (Lipinski definition) is 3. The minimum atomic E-state index is -0.674. The zero-order valence-electron chi connectivity index (χ0n) is 14.2. The summed E-state index contributed by atoms with van der Waals surface area (Å²) in [5.74, 6) is -0.505. The molecule has 3 rings (SSSR count). The number of fused-ring (bicyclic) bond motifs is 3. The van der Waals surface area contributed by atoms with Gasteiger partial charge in [0.15, 0.2) is 5.52 Å². The molecule has 0 unspecified atom stereocenters. The summed E-state index contributed by atoms with van der Waals surface area (Å²) < 4.78 is 21.0. The number of amides is 1. The van der Waals surface area contributed by atoms with Gasteiger partial charge in [0, 0.05) is 18.5 Å². The molecule has 2 aromatic heterocycles. The number of rotatable bonds is 1. The van der Waals surface area contributed by atoms with Crippen LogP contribution < -0.4 is 9.63 Å². The predicted octanol–water partition coefficient (Wildman–Crippen LogP) is 4.07. The Labute approximate surface area is 157 Å². The van der Waals surface area contributed by atoms with E-state index in [2.05, 4.69) is 4.98 Å². The Hall–Kier alpha value is -2.10. The molecule has 0 fully saturated rings. The molecule has 8 heteroatoms. The first-order valence-corrected chi connectivity index (χ1v) is 8.65. The molecule has 0 saturated heterocycles. The van der Waals surface area contributed by atoms with Gasteiger partial charge in [-0.05, 0) is 55.5 Å². The van der Waals surface area contributed by atoms with Crippen LogP contribution in [0, 0.1) is 14.6 Å². The van der Waals surface area contributed by atoms with Crippen molar-refractivity contribution >= 4 is 56.3 Å². The van der Waals surface area contributed by atoms with E-state index in [1.54, 1.807) is 26.8 Å². The lowest BCUT2D eigenvalue weighted by molar-refractivity contribution is -0.579. The van der Waals surface area contributed by atoms with Crippen molar-refractivity contribution in [2.24, 2.45) is 0 Å². The highest BCUT2D eigenvalue weighted by Crippen LogP contribution is 2.33. The fourth-order valence-corrected chi connectivity index (χ4v) is 3.18. The number of nitrogens with one attached hydrogen (secondary N) is 1. The molecule has 1 amide bonds. The number of nitrogens with zero attached hydrogens (tertiary/aromatic N) is 2. The molecular formula is C17H17FIN3O3. The summed E-state index contributed by atoms with van der Waals surface area (Å²) in [4.78, 5) is 16.6. The van der Waals surface area contributed by atoms with Crippen molar-refractivity contribution in [3.8, 4) is 0 Å². The van der Waals surface area contributed by atoms with Crippen molar-refractivity contribution in [2.45, 2.75) is 26.4 Å². The molecule has 0 aliphatic heterocycles. The van der Waals surface area contributed by atoms with Crippen LogP contribution in [-0.4, -0.2) is 23.7 Å². The van der Waals surface area contributed by atoms with Crippen LogP contribution >= 0.6 is 22.6 Å². The van der Waals surface area contributed by atoms with Crippen LogP contribution in [0.4, 0.5) is 14.9 Å². The summed E-state index contributed by atoms with van der Waals surface area (Å²) in [6, 6.07) is 4.37. The van der Waals surface area contributed by atoms with E-state index < -0.39 is 17.5 Å². The van der Waals surface area contributed by atoms with Gasteiger partial charge in [-0.2, -0.15) is 0 Å². The Bertz CT molecular complexity index is 994. The van der Waals surface area contributed by atoms with Gasteiger partial charge in [0.1, 0.15) is 17.6 Å². The number of carbonyl (C=O) groups excluding carboxylic acids is 1. The third-order valence-electron chi connectivity index (χ3n) is 3.64. The summed E-state index contributed by atoms with van der Waals surface area (Å²) in [5.41, 5.74) is 0.429. The fourth-order valence-electron chi connectivity index (χ4n) is 2.61. The van der Waals surface area contributed by atoms with Crippen LogP contribution in [-0.2, 0) is 4.74 Å². The number of aromatic amines is 1. The van der Waals surface area contributed by atoms with Gasteiger partial charge in [-0.25, -0.2) is 18.9 Å². The molecule has 1 aromatic carbocycles. The maximum absolute atomic E-state index is 14.2. The summed E-state index contributed by atoms with van der Waals surface area (Å²) in [5, 5.41) is 13.3. The third-order valence-corrected chi connectivity index (χ3v) is 4.23. The van der Waals surface area contributed by atoms with E-state index >= 15 is 0 Å². The highest BCUT2D eigenvalue weighted by atomic mass is 127. The quantitative estimate of drug-likeness (QED) is 0.340. The number of carbonyl (C=O) groups is 1. The van der Waals surface area contributed by atoms with Gasteiger partial charge in [-0.3, -0.25) is 4.90 Å². The first-order valence-electron chi connectivity index (χ1n) is 7.57. The molecule has 25 heavy (non-hydrogen) atoms. The van der Waals surface area contributed by atoms with Crippen LogP contribution in [0.5, 0.6) is 0 Å². The van der Waals surface area contributed by atoms with Gasteiger partial charge < -0.3 is 9.94 Å². The Morgan fingerprint density at radius 1 is 1.32 bits per heavy atom. The van der Waals surface area contributed by atoms with Crippen LogP contribution in [0.15, 0.2) is 24.4 Å². The topological polar surface area (TPSA) is 72.3 Å². The van der Waals surface area contributed by atoms with Gasteiger partial charge in [0.25, 0.3) is 5.65 Å². The molecule has 0 radical (unpaired) electrons. The van der Waals surface area contributed by atoms with E-state index in [9.17, 15) is 14.4 Å². The zero-order chi connectivity index (χ0) is 18.5. The molecule has 0 saturated carbocycles. The van der Waals surface area contributed by atoms with Crippen molar-refractivity contribution in [3.05, 3.63) is 39.0 Å². The summed E-state index contributed by atoms with van der Waals surface area (Å²) in [7, 11) is 1.50. The largest absolute Gasteiger partial charge is 0.711 e. The predicted molar refractivity (Wildman–Crippen MR) is 102 cm³/mol. The number of H-pyrrole nitrogens is 1. The molecule has 132 valence electrons. The SMILES string of the molecule is CN(C(=O)OC(C)(C)C)c1cc(F)cc2c1[nH]c1c2cc(I)c[n+]1[O-]. The lowest BCUT2D eigenvalue weighted by atomic mass is 10.1. The zero-order valence-corrected chi connectivity index (χ0v) is 16.3. The monoisotopic (exact) mass is 457 g/mol. The molecule has 0 aliphatic rings. The number of ether oxygens (including phenoxy) is 1. The third kappa shape index (κ3) is 3.35. The van der Waals surface area contributed by atoms with Gasteiger partial charge in [-0.15, -0.1) is 0 Å². The van der Waals surface area contributed by atoms with Crippen molar-refractivity contribution in [2.75, 3.05) is 11.9 Å². The molecular weight excluding hydrogens is 440 g/mol. The second kappa shape index (κ2) is 6.01. The highest BCUT2D eigenvalue weighted by molar-refractivity contribution is 14.1. The van der Waals surface area contributed by atoms with Gasteiger partial charge in [-0.1, -0.05) is 0 Å². The molecule has 0 bridgehead atoms. The number of anilines is 1. The highest BCUT2D eigenvalue weighted by Gasteiger charge is 2.25. The maximum atomic E-state index is 14.2. The van der Waals surface area contributed by atoms with Gasteiger partial charge >= 0.3 is 6.09 Å². The van der Waals surface area contributed by atoms with E-state index in [1.165, 1.54) is 30.3 Å². The number of hydrogen-bond donors (Lipinski definition) is 1. The van der Waals surface area contributed by atoms with E-state index in [0.29, 0.717) is 32.4 Å². The summed E-state index contributed by atoms with van der Waals surface area (Å²) in [6.45, 7) is 5.27. The first kappa shape index (κ1) is 17.7. The Kier molecular flexibility index (Phi) is 4.26. The van der Waals surface area contributed by atoms with E-state index in [-0.39, 0.29) is 0 Å². The Balaban J connectivity index is 2.22. The Morgan fingerprint density at radius 2 is 2.00 bits per heavy atom. The fraction of sp³-hybridized carbons (Fsp3) is 0.294. The molecule has 0 spiro atoms. The smallest absolute Gasteiger partial charge is 0.414 e. The first-order chi connectivity index (χ1) is 11.6. The lowest BCUT2D eigenvalue weighted by Crippen LogP contribution is -2.34. The second-order valence-electron chi connectivity index (χ2n) is 6.76. The molecule has 2 heterocycles. The minimum absolute atomic E-state index is 0.301. The second-order valence-corrected chi connectivity index (χ2v) is 8.00. The molecule has 0 atom stereocenters. The standard InChI is InChI=1S/C17H17FIN3O3/c1-17(2,3)25-16(23)21(4)13-6-9(18)5-11-12-7-10(19)8-22(24)15(12)20-14(11)13/h5-8,20H,1-4H3. The minimum Gasteiger partial charge on any atom is -0.711 e. The lowest BCUT2D eigenvalue weighted by Gasteiger charge is -2.24. The van der Waals surface area contributed by atoms with Crippen molar-refractivity contribution in [1.82, 2.24) is 4.98 Å². The number of aromatic nitrogens is 2. The molecule has 6 nitrogen and oxygen atoms in total. The number of benzene rings is 1. The Morgan fingerprint density at radius 3 is 2.64 bits per heavy atom. The van der Waals surface area contributed by atoms with E-state index in [1.807, 2.05) is 22.6 Å². The van der Waals surface area contributed by atoms with Crippen LogP contribution in [0.1, 0.15) is 20.8 Å². The summed E-state index contributed by atoms with van der Waals surface area (Å²) >= 11 is 2.03. The van der Waals surface area contributed by atoms with Crippen molar-refractivity contribution in [1.29, 1.82) is 0 Å². The van der Waals surface area contributed by atoms with Crippen molar-refractivity contribution < 1.29 is 18.7 Å². The average molecular weight is 457 g/mol.